The summed E-state index contributed by atoms with van der Waals surface area (Å²) < 4.78 is 11.6. The van der Waals surface area contributed by atoms with Crippen molar-refractivity contribution in [3.8, 4) is 5.75 Å². The van der Waals surface area contributed by atoms with Gasteiger partial charge in [-0.05, 0) is 61.3 Å². The summed E-state index contributed by atoms with van der Waals surface area (Å²) in [6.07, 6.45) is 5.11. The van der Waals surface area contributed by atoms with Crippen molar-refractivity contribution in [1.29, 1.82) is 0 Å². The molecule has 2 fully saturated rings. The molecule has 0 aromatic heterocycles. The molecule has 2 aliphatic heterocycles. The Morgan fingerprint density at radius 2 is 1.83 bits per heavy atom. The van der Waals surface area contributed by atoms with Gasteiger partial charge in [0.15, 0.2) is 0 Å². The molecule has 1 spiro atoms. The van der Waals surface area contributed by atoms with Crippen LogP contribution in [0.1, 0.15) is 36.8 Å². The molecule has 2 amide bonds. The van der Waals surface area contributed by atoms with Crippen LogP contribution in [0.25, 0.3) is 0 Å². The second kappa shape index (κ2) is 9.52. The molecule has 0 radical (unpaired) electrons. The van der Waals surface area contributed by atoms with E-state index in [2.05, 4.69) is 17.4 Å². The normalized spacial score (nSPS) is 20.7. The molecular weight excluding hydrogens is 376 g/mol. The lowest BCUT2D eigenvalue weighted by Crippen LogP contribution is -2.52. The molecule has 0 bridgehead atoms. The third kappa shape index (κ3) is 5.14. The van der Waals surface area contributed by atoms with Crippen LogP contribution in [-0.4, -0.2) is 43.3 Å². The Morgan fingerprint density at radius 1 is 1.10 bits per heavy atom. The standard InChI is InChI=1S/C25H32N2O3/c1-29-23-9-7-20(8-10-23)17-22-11-16-30-25(18-22)12-14-27(15-13-25)24(28)26-19-21-5-3-2-4-6-21/h2-10,22H,11-19H2,1H3,(H,26,28). The highest BCUT2D eigenvalue weighted by molar-refractivity contribution is 5.74. The molecule has 2 aliphatic rings. The van der Waals surface area contributed by atoms with Gasteiger partial charge in [0.2, 0.25) is 0 Å². The third-order valence-electron chi connectivity index (χ3n) is 6.53. The number of amides is 2. The zero-order valence-corrected chi connectivity index (χ0v) is 17.8. The lowest BCUT2D eigenvalue weighted by molar-refractivity contribution is -0.122. The minimum atomic E-state index is -0.0639. The lowest BCUT2D eigenvalue weighted by Gasteiger charge is -2.46. The van der Waals surface area contributed by atoms with Crippen LogP contribution in [0.4, 0.5) is 4.79 Å². The van der Waals surface area contributed by atoms with E-state index >= 15 is 0 Å². The van der Waals surface area contributed by atoms with Crippen LogP contribution in [0.3, 0.4) is 0 Å². The molecule has 0 saturated carbocycles. The van der Waals surface area contributed by atoms with Crippen LogP contribution in [0.15, 0.2) is 54.6 Å². The van der Waals surface area contributed by atoms with Crippen molar-refractivity contribution in [3.05, 3.63) is 65.7 Å². The number of hydrogen-bond donors (Lipinski definition) is 1. The van der Waals surface area contributed by atoms with Gasteiger partial charge in [-0.3, -0.25) is 0 Å². The SMILES string of the molecule is COc1ccc(CC2CCOC3(CCN(C(=O)NCc4ccccc4)CC3)C2)cc1. The van der Waals surface area contributed by atoms with Crippen molar-refractivity contribution < 1.29 is 14.3 Å². The number of nitrogens with zero attached hydrogens (tertiary/aromatic N) is 1. The van der Waals surface area contributed by atoms with E-state index in [1.807, 2.05) is 47.4 Å². The molecule has 4 rings (SSSR count). The number of hydrogen-bond acceptors (Lipinski definition) is 3. The van der Waals surface area contributed by atoms with Gasteiger partial charge >= 0.3 is 6.03 Å². The highest BCUT2D eigenvalue weighted by Crippen LogP contribution is 2.39. The molecule has 1 atom stereocenters. The number of piperidine rings is 1. The number of urea groups is 1. The average Bonchev–Trinajstić information content (AvgIpc) is 2.79. The first-order valence-corrected chi connectivity index (χ1v) is 11.0. The van der Waals surface area contributed by atoms with Gasteiger partial charge in [0, 0.05) is 26.2 Å². The maximum atomic E-state index is 12.6. The minimum Gasteiger partial charge on any atom is -0.497 e. The molecule has 1 N–H and O–H groups in total. The van der Waals surface area contributed by atoms with E-state index in [1.54, 1.807) is 7.11 Å². The fraction of sp³-hybridized carbons (Fsp3) is 0.480. The van der Waals surface area contributed by atoms with Gasteiger partial charge < -0.3 is 19.7 Å². The fourth-order valence-corrected chi connectivity index (χ4v) is 4.75. The van der Waals surface area contributed by atoms with Crippen molar-refractivity contribution in [1.82, 2.24) is 10.2 Å². The second-order valence-corrected chi connectivity index (χ2v) is 8.57. The van der Waals surface area contributed by atoms with Gasteiger partial charge in [-0.2, -0.15) is 0 Å². The van der Waals surface area contributed by atoms with Crippen LogP contribution < -0.4 is 10.1 Å². The molecule has 5 heteroatoms. The Balaban J connectivity index is 1.27. The first kappa shape index (κ1) is 20.7. The van der Waals surface area contributed by atoms with Gasteiger partial charge in [0.25, 0.3) is 0 Å². The monoisotopic (exact) mass is 408 g/mol. The Hall–Kier alpha value is -2.53. The van der Waals surface area contributed by atoms with Crippen LogP contribution >= 0.6 is 0 Å². The zero-order valence-electron chi connectivity index (χ0n) is 17.8. The van der Waals surface area contributed by atoms with E-state index in [9.17, 15) is 4.79 Å². The molecular formula is C25H32N2O3. The number of benzene rings is 2. The molecule has 1 unspecified atom stereocenters. The van der Waals surface area contributed by atoms with Crippen LogP contribution in [0.2, 0.25) is 0 Å². The number of likely N-dealkylation sites (tertiary alicyclic amines) is 1. The largest absolute Gasteiger partial charge is 0.497 e. The highest BCUT2D eigenvalue weighted by atomic mass is 16.5. The Labute approximate surface area is 179 Å². The summed E-state index contributed by atoms with van der Waals surface area (Å²) in [5.74, 6) is 1.53. The smallest absolute Gasteiger partial charge is 0.317 e. The van der Waals surface area contributed by atoms with Gasteiger partial charge in [-0.1, -0.05) is 42.5 Å². The van der Waals surface area contributed by atoms with Gasteiger partial charge in [0.1, 0.15) is 5.75 Å². The topological polar surface area (TPSA) is 50.8 Å². The number of carbonyl (C=O) groups is 1. The van der Waals surface area contributed by atoms with E-state index in [-0.39, 0.29) is 11.6 Å². The maximum absolute atomic E-state index is 12.6. The third-order valence-corrected chi connectivity index (χ3v) is 6.53. The lowest BCUT2D eigenvalue weighted by atomic mass is 9.77. The molecule has 30 heavy (non-hydrogen) atoms. The van der Waals surface area contributed by atoms with Crippen molar-refractivity contribution in [2.24, 2.45) is 5.92 Å². The summed E-state index contributed by atoms with van der Waals surface area (Å²) in [7, 11) is 1.70. The maximum Gasteiger partial charge on any atom is 0.317 e. The zero-order chi connectivity index (χ0) is 20.8. The van der Waals surface area contributed by atoms with E-state index in [1.165, 1.54) is 5.56 Å². The Kier molecular flexibility index (Phi) is 6.58. The predicted molar refractivity (Wildman–Crippen MR) is 118 cm³/mol. The molecule has 2 aromatic rings. The fourth-order valence-electron chi connectivity index (χ4n) is 4.75. The van der Waals surface area contributed by atoms with E-state index in [0.29, 0.717) is 12.5 Å². The van der Waals surface area contributed by atoms with Crippen molar-refractivity contribution >= 4 is 6.03 Å². The highest BCUT2D eigenvalue weighted by Gasteiger charge is 2.41. The minimum absolute atomic E-state index is 0.0271. The van der Waals surface area contributed by atoms with Gasteiger partial charge in [-0.15, -0.1) is 0 Å². The molecule has 2 saturated heterocycles. The number of nitrogens with one attached hydrogen (secondary N) is 1. The van der Waals surface area contributed by atoms with Gasteiger partial charge in [-0.25, -0.2) is 4.79 Å². The Morgan fingerprint density at radius 3 is 2.53 bits per heavy atom. The van der Waals surface area contributed by atoms with Gasteiger partial charge in [0.05, 0.1) is 12.7 Å². The number of ether oxygens (including phenoxy) is 2. The quantitative estimate of drug-likeness (QED) is 0.797. The summed E-state index contributed by atoms with van der Waals surface area (Å²) >= 11 is 0. The number of carbonyl (C=O) groups excluding carboxylic acids is 1. The van der Waals surface area contributed by atoms with Crippen molar-refractivity contribution in [2.75, 3.05) is 26.8 Å². The first-order chi connectivity index (χ1) is 14.7. The average molecular weight is 409 g/mol. The summed E-state index contributed by atoms with van der Waals surface area (Å²) in [4.78, 5) is 14.5. The molecule has 160 valence electrons. The van der Waals surface area contributed by atoms with E-state index in [4.69, 9.17) is 9.47 Å². The van der Waals surface area contributed by atoms with Crippen molar-refractivity contribution in [2.45, 2.75) is 44.2 Å². The summed E-state index contributed by atoms with van der Waals surface area (Å²) in [5.41, 5.74) is 2.41. The number of rotatable bonds is 5. The van der Waals surface area contributed by atoms with Crippen LogP contribution in [0, 0.1) is 5.92 Å². The summed E-state index contributed by atoms with van der Waals surface area (Å²) in [6, 6.07) is 18.5. The second-order valence-electron chi connectivity index (χ2n) is 8.57. The summed E-state index contributed by atoms with van der Waals surface area (Å²) in [6.45, 7) is 2.91. The van der Waals surface area contributed by atoms with E-state index < -0.39 is 0 Å². The van der Waals surface area contributed by atoms with Crippen LogP contribution in [0.5, 0.6) is 5.75 Å². The molecule has 0 aliphatic carbocycles. The molecule has 5 nitrogen and oxygen atoms in total. The van der Waals surface area contributed by atoms with E-state index in [0.717, 1.165) is 63.1 Å². The van der Waals surface area contributed by atoms with Crippen molar-refractivity contribution in [3.63, 3.8) is 0 Å². The summed E-state index contributed by atoms with van der Waals surface area (Å²) in [5, 5.41) is 3.05. The number of methoxy groups -OCH3 is 1. The molecule has 2 aromatic carbocycles. The molecule has 2 heterocycles. The first-order valence-electron chi connectivity index (χ1n) is 11.0. The predicted octanol–water partition coefficient (Wildman–Crippen LogP) is 4.41. The van der Waals surface area contributed by atoms with Crippen LogP contribution in [-0.2, 0) is 17.7 Å². The Bertz CT molecular complexity index is 814.